The van der Waals surface area contributed by atoms with Gasteiger partial charge in [-0.3, -0.25) is 9.59 Å². The van der Waals surface area contributed by atoms with Gasteiger partial charge in [0.25, 0.3) is 0 Å². The number of hydrogen-bond acceptors (Lipinski definition) is 5. The lowest BCUT2D eigenvalue weighted by Crippen LogP contribution is -2.22. The van der Waals surface area contributed by atoms with Crippen LogP contribution in [0, 0.1) is 0 Å². The first-order valence-corrected chi connectivity index (χ1v) is 11.4. The largest absolute Gasteiger partial charge is 0.301 e. The number of thiazole rings is 1. The molecule has 0 fully saturated rings. The Labute approximate surface area is 182 Å². The standard InChI is InChI=1S/C22H19ClN2O2S2/c1-13(28-17-9-7-16(23)8-10-17)21(27)25-22-24-18-11-15(12-19(26)20(18)29-22)14-5-3-2-4-6-14/h2-10,13,15H,11-12H2,1H3,(H,24,25,27). The quantitative estimate of drug-likeness (QED) is 0.505. The van der Waals surface area contributed by atoms with E-state index >= 15 is 0 Å². The van der Waals surface area contributed by atoms with Crippen molar-refractivity contribution in [2.75, 3.05) is 5.32 Å². The van der Waals surface area contributed by atoms with Gasteiger partial charge in [0, 0.05) is 16.3 Å². The van der Waals surface area contributed by atoms with Gasteiger partial charge in [-0.1, -0.05) is 53.3 Å². The van der Waals surface area contributed by atoms with E-state index in [2.05, 4.69) is 10.3 Å². The molecule has 2 unspecified atom stereocenters. The van der Waals surface area contributed by atoms with Crippen LogP contribution in [0.15, 0.2) is 59.5 Å². The van der Waals surface area contributed by atoms with E-state index in [-0.39, 0.29) is 22.9 Å². The molecule has 29 heavy (non-hydrogen) atoms. The summed E-state index contributed by atoms with van der Waals surface area (Å²) in [5, 5.41) is 3.73. The van der Waals surface area contributed by atoms with Crippen molar-refractivity contribution in [3.63, 3.8) is 0 Å². The third-order valence-corrected chi connectivity index (χ3v) is 7.24. The predicted octanol–water partition coefficient (Wildman–Crippen LogP) is 5.83. The van der Waals surface area contributed by atoms with Crippen molar-refractivity contribution in [2.45, 2.75) is 35.8 Å². The molecule has 0 spiro atoms. The molecule has 0 bridgehead atoms. The van der Waals surface area contributed by atoms with Gasteiger partial charge in [0.15, 0.2) is 10.9 Å². The smallest absolute Gasteiger partial charge is 0.239 e. The molecule has 2 atom stereocenters. The van der Waals surface area contributed by atoms with Gasteiger partial charge in [-0.25, -0.2) is 4.98 Å². The van der Waals surface area contributed by atoms with E-state index in [1.165, 1.54) is 23.1 Å². The molecule has 1 aliphatic carbocycles. The molecule has 0 saturated carbocycles. The molecule has 148 valence electrons. The van der Waals surface area contributed by atoms with Gasteiger partial charge in [0.05, 0.1) is 15.8 Å². The average molecular weight is 443 g/mol. The number of Topliss-reactive ketones (excluding diaryl/α,β-unsaturated/α-hetero) is 1. The molecular formula is C22H19ClN2O2S2. The number of nitrogens with zero attached hydrogens (tertiary/aromatic N) is 1. The number of rotatable bonds is 5. The number of amides is 1. The number of halogens is 1. The van der Waals surface area contributed by atoms with Crippen LogP contribution in [-0.4, -0.2) is 21.9 Å². The first kappa shape index (κ1) is 20.1. The van der Waals surface area contributed by atoms with Crippen molar-refractivity contribution in [3.05, 3.63) is 75.8 Å². The molecule has 0 saturated heterocycles. The van der Waals surface area contributed by atoms with Crippen LogP contribution in [0.2, 0.25) is 5.02 Å². The number of benzene rings is 2. The Morgan fingerprint density at radius 1 is 1.17 bits per heavy atom. The van der Waals surface area contributed by atoms with Gasteiger partial charge in [-0.05, 0) is 49.1 Å². The van der Waals surface area contributed by atoms with Crippen molar-refractivity contribution in [1.29, 1.82) is 0 Å². The van der Waals surface area contributed by atoms with Crippen LogP contribution < -0.4 is 5.32 Å². The fraction of sp³-hybridized carbons (Fsp3) is 0.227. The van der Waals surface area contributed by atoms with Crippen molar-refractivity contribution < 1.29 is 9.59 Å². The zero-order valence-electron chi connectivity index (χ0n) is 15.7. The van der Waals surface area contributed by atoms with Crippen molar-refractivity contribution in [1.82, 2.24) is 4.98 Å². The van der Waals surface area contributed by atoms with E-state index in [0.29, 0.717) is 27.9 Å². The Morgan fingerprint density at radius 3 is 2.62 bits per heavy atom. The number of hydrogen-bond donors (Lipinski definition) is 1. The molecular weight excluding hydrogens is 424 g/mol. The second-order valence-corrected chi connectivity index (χ2v) is 9.79. The number of nitrogens with one attached hydrogen (secondary N) is 1. The minimum atomic E-state index is -0.301. The van der Waals surface area contributed by atoms with Crippen LogP contribution in [0.25, 0.3) is 0 Å². The Kier molecular flexibility index (Phi) is 6.04. The Hall–Kier alpha value is -2.15. The van der Waals surface area contributed by atoms with Gasteiger partial charge in [-0.2, -0.15) is 0 Å². The fourth-order valence-electron chi connectivity index (χ4n) is 3.32. The van der Waals surface area contributed by atoms with E-state index in [1.807, 2.05) is 49.4 Å². The first-order chi connectivity index (χ1) is 14.0. The SMILES string of the molecule is CC(Sc1ccc(Cl)cc1)C(=O)Nc1nc2c(s1)C(=O)CC(c1ccccc1)C2. The highest BCUT2D eigenvalue weighted by molar-refractivity contribution is 8.00. The van der Waals surface area contributed by atoms with Gasteiger partial charge in [0.2, 0.25) is 5.91 Å². The molecule has 0 radical (unpaired) electrons. The number of carbonyl (C=O) groups is 2. The lowest BCUT2D eigenvalue weighted by Gasteiger charge is -2.20. The Bertz CT molecular complexity index is 1030. The fourth-order valence-corrected chi connectivity index (χ4v) is 5.26. The van der Waals surface area contributed by atoms with Crippen molar-refractivity contribution in [2.24, 2.45) is 0 Å². The van der Waals surface area contributed by atoms with Gasteiger partial charge >= 0.3 is 0 Å². The summed E-state index contributed by atoms with van der Waals surface area (Å²) in [6.07, 6.45) is 1.20. The summed E-state index contributed by atoms with van der Waals surface area (Å²) in [4.78, 5) is 31.4. The summed E-state index contributed by atoms with van der Waals surface area (Å²) in [5.74, 6) is 0.103. The molecule has 7 heteroatoms. The lowest BCUT2D eigenvalue weighted by molar-refractivity contribution is -0.115. The van der Waals surface area contributed by atoms with Gasteiger partial charge in [-0.15, -0.1) is 11.8 Å². The van der Waals surface area contributed by atoms with Crippen LogP contribution in [-0.2, 0) is 11.2 Å². The maximum Gasteiger partial charge on any atom is 0.239 e. The maximum atomic E-state index is 12.6. The first-order valence-electron chi connectivity index (χ1n) is 9.30. The minimum Gasteiger partial charge on any atom is -0.301 e. The monoisotopic (exact) mass is 442 g/mol. The Balaban J connectivity index is 1.44. The number of aromatic nitrogens is 1. The van der Waals surface area contributed by atoms with Gasteiger partial charge < -0.3 is 5.32 Å². The molecule has 4 nitrogen and oxygen atoms in total. The second-order valence-electron chi connectivity index (χ2n) is 6.94. The summed E-state index contributed by atoms with van der Waals surface area (Å²) in [7, 11) is 0. The molecule has 1 N–H and O–H groups in total. The van der Waals surface area contributed by atoms with Crippen LogP contribution in [0.1, 0.15) is 40.2 Å². The zero-order chi connectivity index (χ0) is 20.4. The minimum absolute atomic E-state index is 0.0988. The summed E-state index contributed by atoms with van der Waals surface area (Å²) >= 11 is 8.63. The van der Waals surface area contributed by atoms with E-state index in [1.54, 1.807) is 12.1 Å². The molecule has 0 aliphatic heterocycles. The van der Waals surface area contributed by atoms with E-state index in [9.17, 15) is 9.59 Å². The van der Waals surface area contributed by atoms with E-state index in [0.717, 1.165) is 16.2 Å². The van der Waals surface area contributed by atoms with Crippen LogP contribution in [0.3, 0.4) is 0 Å². The molecule has 1 aliphatic rings. The molecule has 3 aromatic rings. The van der Waals surface area contributed by atoms with Gasteiger partial charge in [0.1, 0.15) is 0 Å². The van der Waals surface area contributed by atoms with E-state index in [4.69, 9.17) is 11.6 Å². The molecule has 1 aromatic heterocycles. The van der Waals surface area contributed by atoms with Crippen LogP contribution >= 0.6 is 34.7 Å². The maximum absolute atomic E-state index is 12.6. The van der Waals surface area contributed by atoms with Crippen LogP contribution in [0.5, 0.6) is 0 Å². The third-order valence-electron chi connectivity index (χ3n) is 4.82. The lowest BCUT2D eigenvalue weighted by atomic mass is 9.85. The summed E-state index contributed by atoms with van der Waals surface area (Å²) < 4.78 is 0. The topological polar surface area (TPSA) is 59.1 Å². The molecule has 1 amide bonds. The van der Waals surface area contributed by atoms with Crippen molar-refractivity contribution >= 4 is 51.5 Å². The normalized spacial score (nSPS) is 16.9. The third kappa shape index (κ3) is 4.71. The molecule has 1 heterocycles. The Morgan fingerprint density at radius 2 is 1.90 bits per heavy atom. The molecule has 2 aromatic carbocycles. The zero-order valence-corrected chi connectivity index (χ0v) is 18.1. The number of carbonyl (C=O) groups excluding carboxylic acids is 2. The number of ketones is 1. The highest BCUT2D eigenvalue weighted by atomic mass is 35.5. The predicted molar refractivity (Wildman–Crippen MR) is 119 cm³/mol. The van der Waals surface area contributed by atoms with E-state index < -0.39 is 0 Å². The summed E-state index contributed by atoms with van der Waals surface area (Å²) in [6, 6.07) is 17.4. The second kappa shape index (κ2) is 8.69. The summed E-state index contributed by atoms with van der Waals surface area (Å²) in [5.41, 5.74) is 1.94. The number of anilines is 1. The molecule has 4 rings (SSSR count). The van der Waals surface area contributed by atoms with Crippen molar-refractivity contribution in [3.8, 4) is 0 Å². The highest BCUT2D eigenvalue weighted by Crippen LogP contribution is 2.37. The number of thioether (sulfide) groups is 1. The highest BCUT2D eigenvalue weighted by Gasteiger charge is 2.30. The summed E-state index contributed by atoms with van der Waals surface area (Å²) in [6.45, 7) is 1.85. The number of fused-ring (bicyclic) bond motifs is 1. The average Bonchev–Trinajstić information content (AvgIpc) is 3.13. The van der Waals surface area contributed by atoms with Crippen LogP contribution in [0.4, 0.5) is 5.13 Å².